The van der Waals surface area contributed by atoms with E-state index in [4.69, 9.17) is 17.3 Å². The molecule has 0 amide bonds. The van der Waals surface area contributed by atoms with E-state index in [9.17, 15) is 0 Å². The summed E-state index contributed by atoms with van der Waals surface area (Å²) < 4.78 is 1.81. The molecule has 0 saturated heterocycles. The van der Waals surface area contributed by atoms with Gasteiger partial charge in [0.1, 0.15) is 11.6 Å². The maximum atomic E-state index is 5.91. The first-order valence-corrected chi connectivity index (χ1v) is 5.86. The van der Waals surface area contributed by atoms with Gasteiger partial charge in [0.15, 0.2) is 0 Å². The zero-order chi connectivity index (χ0) is 12.6. The summed E-state index contributed by atoms with van der Waals surface area (Å²) in [4.78, 5) is 4.42. The molecule has 5 heteroatoms. The van der Waals surface area contributed by atoms with Crippen LogP contribution in [0, 0.1) is 6.92 Å². The van der Waals surface area contributed by atoms with Crippen LogP contribution >= 0.6 is 11.6 Å². The van der Waals surface area contributed by atoms with Crippen LogP contribution in [0.1, 0.15) is 31.4 Å². The van der Waals surface area contributed by atoms with Gasteiger partial charge in [-0.25, -0.2) is 9.67 Å². The summed E-state index contributed by atoms with van der Waals surface area (Å²) >= 11 is 5.91. The van der Waals surface area contributed by atoms with Crippen LogP contribution in [0.4, 0.5) is 5.69 Å². The highest BCUT2D eigenvalue weighted by Crippen LogP contribution is 2.23. The van der Waals surface area contributed by atoms with Crippen LogP contribution in [0.15, 0.2) is 18.2 Å². The molecule has 90 valence electrons. The molecule has 0 aliphatic rings. The average Bonchev–Trinajstić information content (AvgIpc) is 2.64. The van der Waals surface area contributed by atoms with Crippen molar-refractivity contribution in [3.63, 3.8) is 0 Å². The molecule has 0 aliphatic heterocycles. The van der Waals surface area contributed by atoms with Crippen molar-refractivity contribution in [2.75, 3.05) is 5.73 Å². The number of benzene rings is 1. The van der Waals surface area contributed by atoms with E-state index in [1.165, 1.54) is 0 Å². The molecular weight excluding hydrogens is 236 g/mol. The fourth-order valence-corrected chi connectivity index (χ4v) is 1.78. The number of nitrogen functional groups attached to an aromatic ring is 1. The lowest BCUT2D eigenvalue weighted by molar-refractivity contribution is 0.714. The zero-order valence-corrected chi connectivity index (χ0v) is 10.9. The van der Waals surface area contributed by atoms with Crippen molar-refractivity contribution in [2.24, 2.45) is 0 Å². The van der Waals surface area contributed by atoms with Crippen molar-refractivity contribution in [1.29, 1.82) is 0 Å². The molecule has 0 aliphatic carbocycles. The molecule has 1 heterocycles. The Labute approximate surface area is 105 Å². The monoisotopic (exact) mass is 250 g/mol. The van der Waals surface area contributed by atoms with E-state index >= 15 is 0 Å². The summed E-state index contributed by atoms with van der Waals surface area (Å²) in [6, 6.07) is 5.47. The Morgan fingerprint density at radius 3 is 2.65 bits per heavy atom. The second-order valence-electron chi connectivity index (χ2n) is 4.29. The van der Waals surface area contributed by atoms with Gasteiger partial charge in [-0.3, -0.25) is 0 Å². The molecule has 2 N–H and O–H groups in total. The number of anilines is 1. The first-order chi connectivity index (χ1) is 7.99. The predicted molar refractivity (Wildman–Crippen MR) is 69.6 cm³/mol. The third-order valence-electron chi connectivity index (χ3n) is 2.48. The molecule has 0 fully saturated rings. The number of aromatic nitrogens is 3. The lowest BCUT2D eigenvalue weighted by atomic mass is 10.2. The van der Waals surface area contributed by atoms with Crippen molar-refractivity contribution < 1.29 is 0 Å². The van der Waals surface area contributed by atoms with Crippen LogP contribution < -0.4 is 5.73 Å². The molecule has 0 saturated carbocycles. The van der Waals surface area contributed by atoms with Gasteiger partial charge in [0.25, 0.3) is 0 Å². The van der Waals surface area contributed by atoms with Crippen molar-refractivity contribution in [3.05, 3.63) is 34.9 Å². The van der Waals surface area contributed by atoms with E-state index in [0.717, 1.165) is 17.3 Å². The van der Waals surface area contributed by atoms with Crippen LogP contribution in [0.2, 0.25) is 5.02 Å². The molecule has 0 atom stereocenters. The standard InChI is InChI=1S/C12H15ClN4/c1-7(2)12-15-8(3)16-17(12)9-4-5-10(13)11(14)6-9/h4-7H,14H2,1-3H3. The normalized spacial score (nSPS) is 11.1. The fourth-order valence-electron chi connectivity index (χ4n) is 1.66. The molecule has 2 rings (SSSR count). The fraction of sp³-hybridized carbons (Fsp3) is 0.333. The summed E-state index contributed by atoms with van der Waals surface area (Å²) in [5, 5.41) is 4.93. The van der Waals surface area contributed by atoms with E-state index in [0.29, 0.717) is 16.6 Å². The lowest BCUT2D eigenvalue weighted by Crippen LogP contribution is -2.05. The Balaban J connectivity index is 2.55. The van der Waals surface area contributed by atoms with Crippen LogP contribution in [-0.4, -0.2) is 14.8 Å². The molecule has 0 radical (unpaired) electrons. The second-order valence-corrected chi connectivity index (χ2v) is 4.70. The van der Waals surface area contributed by atoms with E-state index < -0.39 is 0 Å². The van der Waals surface area contributed by atoms with Gasteiger partial charge in [-0.1, -0.05) is 25.4 Å². The van der Waals surface area contributed by atoms with Gasteiger partial charge in [0.05, 0.1) is 16.4 Å². The SMILES string of the molecule is Cc1nc(C(C)C)n(-c2ccc(Cl)c(N)c2)n1. The zero-order valence-electron chi connectivity index (χ0n) is 10.1. The maximum absolute atomic E-state index is 5.91. The minimum absolute atomic E-state index is 0.299. The quantitative estimate of drug-likeness (QED) is 0.834. The van der Waals surface area contributed by atoms with Crippen molar-refractivity contribution >= 4 is 17.3 Å². The Hall–Kier alpha value is -1.55. The van der Waals surface area contributed by atoms with Crippen LogP contribution in [0.5, 0.6) is 0 Å². The molecule has 0 spiro atoms. The van der Waals surface area contributed by atoms with Gasteiger partial charge < -0.3 is 5.73 Å². The van der Waals surface area contributed by atoms with Crippen molar-refractivity contribution in [3.8, 4) is 5.69 Å². The average molecular weight is 251 g/mol. The largest absolute Gasteiger partial charge is 0.397 e. The maximum Gasteiger partial charge on any atom is 0.148 e. The molecular formula is C12H15ClN4. The third kappa shape index (κ3) is 2.26. The van der Waals surface area contributed by atoms with E-state index in [2.05, 4.69) is 23.9 Å². The highest BCUT2D eigenvalue weighted by Gasteiger charge is 2.13. The molecule has 4 nitrogen and oxygen atoms in total. The lowest BCUT2D eigenvalue weighted by Gasteiger charge is -2.09. The Kier molecular flexibility index (Phi) is 3.07. The summed E-state index contributed by atoms with van der Waals surface area (Å²) in [7, 11) is 0. The Morgan fingerprint density at radius 2 is 2.06 bits per heavy atom. The Morgan fingerprint density at radius 1 is 1.35 bits per heavy atom. The predicted octanol–water partition coefficient (Wildman–Crippen LogP) is 2.93. The minimum atomic E-state index is 0.299. The number of nitrogens with zero attached hydrogens (tertiary/aromatic N) is 3. The van der Waals surface area contributed by atoms with E-state index in [-0.39, 0.29) is 0 Å². The summed E-state index contributed by atoms with van der Waals surface area (Å²) in [6.07, 6.45) is 0. The van der Waals surface area contributed by atoms with Gasteiger partial charge in [-0.2, -0.15) is 5.10 Å². The van der Waals surface area contributed by atoms with E-state index in [1.807, 2.05) is 23.7 Å². The van der Waals surface area contributed by atoms with Gasteiger partial charge in [0.2, 0.25) is 0 Å². The molecule has 1 aromatic carbocycles. The summed E-state index contributed by atoms with van der Waals surface area (Å²) in [5.41, 5.74) is 7.23. The van der Waals surface area contributed by atoms with Gasteiger partial charge in [-0.15, -0.1) is 0 Å². The van der Waals surface area contributed by atoms with Gasteiger partial charge in [0, 0.05) is 5.92 Å². The van der Waals surface area contributed by atoms with Gasteiger partial charge >= 0.3 is 0 Å². The minimum Gasteiger partial charge on any atom is -0.397 e. The number of aryl methyl sites for hydroxylation is 1. The van der Waals surface area contributed by atoms with Crippen molar-refractivity contribution in [2.45, 2.75) is 26.7 Å². The number of hydrogen-bond donors (Lipinski definition) is 1. The van der Waals surface area contributed by atoms with Crippen molar-refractivity contribution in [1.82, 2.24) is 14.8 Å². The van der Waals surface area contributed by atoms with Crippen LogP contribution in [0.3, 0.4) is 0 Å². The number of halogens is 1. The molecule has 0 bridgehead atoms. The number of nitrogens with two attached hydrogens (primary N) is 1. The van der Waals surface area contributed by atoms with Crippen LogP contribution in [0.25, 0.3) is 5.69 Å². The first-order valence-electron chi connectivity index (χ1n) is 5.48. The Bertz CT molecular complexity index is 545. The highest BCUT2D eigenvalue weighted by atomic mass is 35.5. The second kappa shape index (κ2) is 4.37. The highest BCUT2D eigenvalue weighted by molar-refractivity contribution is 6.33. The summed E-state index contributed by atoms with van der Waals surface area (Å²) in [6.45, 7) is 6.04. The molecule has 17 heavy (non-hydrogen) atoms. The molecule has 2 aromatic rings. The smallest absolute Gasteiger partial charge is 0.148 e. The van der Waals surface area contributed by atoms with Gasteiger partial charge in [-0.05, 0) is 25.1 Å². The molecule has 0 unspecified atom stereocenters. The third-order valence-corrected chi connectivity index (χ3v) is 2.82. The van der Waals surface area contributed by atoms with E-state index in [1.54, 1.807) is 6.07 Å². The molecule has 1 aromatic heterocycles. The summed E-state index contributed by atoms with van der Waals surface area (Å²) in [5.74, 6) is 1.97. The van der Waals surface area contributed by atoms with Crippen LogP contribution in [-0.2, 0) is 0 Å². The number of rotatable bonds is 2. The topological polar surface area (TPSA) is 56.7 Å². The first kappa shape index (κ1) is 11.9. The number of hydrogen-bond acceptors (Lipinski definition) is 3.